The van der Waals surface area contributed by atoms with Crippen molar-refractivity contribution in [3.8, 4) is 12.3 Å². The van der Waals surface area contributed by atoms with E-state index in [2.05, 4.69) is 11.2 Å². The van der Waals surface area contributed by atoms with Gasteiger partial charge < -0.3 is 10.2 Å². The molecule has 0 bridgehead atoms. The summed E-state index contributed by atoms with van der Waals surface area (Å²) in [5, 5.41) is 2.80. The molecule has 4 heteroatoms. The number of terminal acetylenes is 1. The number of benzene rings is 1. The molecule has 2 rings (SSSR count). The minimum atomic E-state index is -0.876. The van der Waals surface area contributed by atoms with Gasteiger partial charge in [0.05, 0.1) is 0 Å². The molecule has 0 aromatic heterocycles. The lowest BCUT2D eigenvalue weighted by Crippen LogP contribution is -2.64. The van der Waals surface area contributed by atoms with Crippen LogP contribution in [0.3, 0.4) is 0 Å². The molecule has 1 saturated heterocycles. The average Bonchev–Trinajstić information content (AvgIpc) is 2.45. The number of nitrogens with zero attached hydrogens (tertiary/aromatic N) is 1. The van der Waals surface area contributed by atoms with Crippen molar-refractivity contribution >= 4 is 11.8 Å². The van der Waals surface area contributed by atoms with Crippen LogP contribution >= 0.6 is 0 Å². The normalized spacial score (nSPS) is 20.8. The van der Waals surface area contributed by atoms with Crippen molar-refractivity contribution in [3.63, 3.8) is 0 Å². The lowest BCUT2D eigenvalue weighted by atomic mass is 9.93. The van der Waals surface area contributed by atoms with Crippen molar-refractivity contribution in [3.05, 3.63) is 35.9 Å². The van der Waals surface area contributed by atoms with E-state index in [9.17, 15) is 9.59 Å². The first-order chi connectivity index (χ1) is 9.97. The van der Waals surface area contributed by atoms with Gasteiger partial charge in [0.25, 0.3) is 0 Å². The summed E-state index contributed by atoms with van der Waals surface area (Å²) in [6.45, 7) is 3.94. The summed E-state index contributed by atoms with van der Waals surface area (Å²) in [6.07, 6.45) is 6.55. The van der Waals surface area contributed by atoms with E-state index in [1.807, 2.05) is 30.3 Å². The number of rotatable bonds is 4. The van der Waals surface area contributed by atoms with Crippen LogP contribution in [0, 0.1) is 12.3 Å². The zero-order valence-electron chi connectivity index (χ0n) is 12.4. The molecule has 1 aromatic rings. The number of nitrogens with one attached hydrogen (secondary N) is 1. The molecule has 2 amide bonds. The molecule has 1 aliphatic heterocycles. The average molecular weight is 284 g/mol. The summed E-state index contributed by atoms with van der Waals surface area (Å²) in [5.41, 5.74) is -0.0574. The highest BCUT2D eigenvalue weighted by molar-refractivity contribution is 5.99. The second-order valence-corrected chi connectivity index (χ2v) is 5.73. The maximum atomic E-state index is 12.6. The van der Waals surface area contributed by atoms with E-state index in [1.54, 1.807) is 18.7 Å². The molecular weight excluding hydrogens is 264 g/mol. The minimum absolute atomic E-state index is 0.0759. The van der Waals surface area contributed by atoms with Gasteiger partial charge in [-0.1, -0.05) is 30.3 Å². The number of hydrogen-bond acceptors (Lipinski definition) is 2. The van der Waals surface area contributed by atoms with Crippen molar-refractivity contribution in [2.75, 3.05) is 6.54 Å². The van der Waals surface area contributed by atoms with Gasteiger partial charge in [-0.15, -0.1) is 12.3 Å². The number of amides is 2. The summed E-state index contributed by atoms with van der Waals surface area (Å²) < 4.78 is 0. The Morgan fingerprint density at radius 1 is 1.29 bits per heavy atom. The highest BCUT2D eigenvalue weighted by Crippen LogP contribution is 2.29. The van der Waals surface area contributed by atoms with E-state index < -0.39 is 11.6 Å². The number of carbonyl (C=O) groups is 2. The molecule has 0 spiro atoms. The van der Waals surface area contributed by atoms with Crippen LogP contribution in [-0.4, -0.2) is 28.8 Å². The zero-order valence-corrected chi connectivity index (χ0v) is 12.4. The fourth-order valence-corrected chi connectivity index (χ4v) is 2.60. The lowest BCUT2D eigenvalue weighted by Gasteiger charge is -2.43. The summed E-state index contributed by atoms with van der Waals surface area (Å²) in [6, 6.07) is 8.77. The Balaban J connectivity index is 2.32. The molecule has 1 aliphatic rings. The van der Waals surface area contributed by atoms with Gasteiger partial charge in [-0.2, -0.15) is 0 Å². The molecule has 1 aromatic carbocycles. The SMILES string of the molecule is C#CCCCN1C(=O)C(C)(C)NC(=O)C1c1ccccc1. The molecular formula is C17H20N2O2. The number of unbranched alkanes of at least 4 members (excludes halogenated alkanes) is 1. The van der Waals surface area contributed by atoms with E-state index in [0.717, 1.165) is 5.56 Å². The Morgan fingerprint density at radius 2 is 1.95 bits per heavy atom. The predicted molar refractivity (Wildman–Crippen MR) is 81.2 cm³/mol. The third kappa shape index (κ3) is 3.08. The van der Waals surface area contributed by atoms with E-state index in [-0.39, 0.29) is 11.8 Å². The van der Waals surface area contributed by atoms with Gasteiger partial charge in [0.15, 0.2) is 0 Å². The van der Waals surface area contributed by atoms with Crippen LogP contribution in [0.15, 0.2) is 30.3 Å². The highest BCUT2D eigenvalue weighted by atomic mass is 16.2. The molecule has 1 unspecified atom stereocenters. The van der Waals surface area contributed by atoms with Gasteiger partial charge in [-0.3, -0.25) is 9.59 Å². The topological polar surface area (TPSA) is 49.4 Å². The molecule has 1 fully saturated rings. The first-order valence-corrected chi connectivity index (χ1v) is 7.09. The van der Waals surface area contributed by atoms with Crippen molar-refractivity contribution in [1.29, 1.82) is 0 Å². The second kappa shape index (κ2) is 6.01. The van der Waals surface area contributed by atoms with E-state index in [4.69, 9.17) is 6.42 Å². The second-order valence-electron chi connectivity index (χ2n) is 5.73. The molecule has 0 aliphatic carbocycles. The predicted octanol–water partition coefficient (Wildman–Crippen LogP) is 1.88. The summed E-state index contributed by atoms with van der Waals surface area (Å²) in [7, 11) is 0. The van der Waals surface area contributed by atoms with Crippen LogP contribution in [0.4, 0.5) is 0 Å². The first kappa shape index (κ1) is 15.1. The lowest BCUT2D eigenvalue weighted by molar-refractivity contribution is -0.153. The molecule has 21 heavy (non-hydrogen) atoms. The molecule has 1 heterocycles. The van der Waals surface area contributed by atoms with E-state index >= 15 is 0 Å². The number of carbonyl (C=O) groups excluding carboxylic acids is 2. The third-order valence-corrected chi connectivity index (χ3v) is 3.63. The largest absolute Gasteiger partial charge is 0.340 e. The van der Waals surface area contributed by atoms with Gasteiger partial charge in [0, 0.05) is 13.0 Å². The Kier molecular flexibility index (Phi) is 4.32. The van der Waals surface area contributed by atoms with Crippen LogP contribution in [-0.2, 0) is 9.59 Å². The highest BCUT2D eigenvalue weighted by Gasteiger charge is 2.45. The quantitative estimate of drug-likeness (QED) is 0.678. The number of hydrogen-bond donors (Lipinski definition) is 1. The Bertz CT molecular complexity index is 572. The van der Waals surface area contributed by atoms with Gasteiger partial charge in [0.1, 0.15) is 11.6 Å². The van der Waals surface area contributed by atoms with Gasteiger partial charge >= 0.3 is 0 Å². The summed E-state index contributed by atoms with van der Waals surface area (Å²) in [5.74, 6) is 2.35. The van der Waals surface area contributed by atoms with Crippen LogP contribution < -0.4 is 5.32 Å². The van der Waals surface area contributed by atoms with Crippen LogP contribution in [0.25, 0.3) is 0 Å². The Morgan fingerprint density at radius 3 is 2.57 bits per heavy atom. The molecule has 4 nitrogen and oxygen atoms in total. The van der Waals surface area contributed by atoms with E-state index in [1.165, 1.54) is 0 Å². The maximum absolute atomic E-state index is 12.6. The fraction of sp³-hybridized carbons (Fsp3) is 0.412. The van der Waals surface area contributed by atoms with Crippen molar-refractivity contribution in [2.45, 2.75) is 38.3 Å². The van der Waals surface area contributed by atoms with Gasteiger partial charge in [-0.05, 0) is 25.8 Å². The zero-order chi connectivity index (χ0) is 15.5. The summed E-state index contributed by atoms with van der Waals surface area (Å²) in [4.78, 5) is 26.7. The van der Waals surface area contributed by atoms with Crippen LogP contribution in [0.1, 0.15) is 38.3 Å². The standard InChI is InChI=1S/C17H20N2O2/c1-4-5-9-12-19-14(13-10-7-6-8-11-13)15(20)18-17(2,3)16(19)21/h1,6-8,10-11,14H,5,9,12H2,2-3H3,(H,18,20). The smallest absolute Gasteiger partial charge is 0.248 e. The van der Waals surface area contributed by atoms with Gasteiger partial charge in [-0.25, -0.2) is 0 Å². The summed E-state index contributed by atoms with van der Waals surface area (Å²) >= 11 is 0. The Hall–Kier alpha value is -2.28. The van der Waals surface area contributed by atoms with Crippen molar-refractivity contribution in [1.82, 2.24) is 10.2 Å². The van der Waals surface area contributed by atoms with Crippen molar-refractivity contribution in [2.24, 2.45) is 0 Å². The molecule has 0 radical (unpaired) electrons. The molecule has 110 valence electrons. The van der Waals surface area contributed by atoms with Crippen LogP contribution in [0.2, 0.25) is 0 Å². The molecule has 1 atom stereocenters. The van der Waals surface area contributed by atoms with Crippen LogP contribution in [0.5, 0.6) is 0 Å². The van der Waals surface area contributed by atoms with Crippen molar-refractivity contribution < 1.29 is 9.59 Å². The monoisotopic (exact) mass is 284 g/mol. The van der Waals surface area contributed by atoms with E-state index in [0.29, 0.717) is 19.4 Å². The fourth-order valence-electron chi connectivity index (χ4n) is 2.60. The first-order valence-electron chi connectivity index (χ1n) is 7.09. The third-order valence-electron chi connectivity index (χ3n) is 3.63. The minimum Gasteiger partial charge on any atom is -0.340 e. The Labute approximate surface area is 125 Å². The maximum Gasteiger partial charge on any atom is 0.248 e. The van der Waals surface area contributed by atoms with Gasteiger partial charge in [0.2, 0.25) is 11.8 Å². The molecule has 1 N–H and O–H groups in total. The molecule has 0 saturated carbocycles. The number of piperazine rings is 1.